The molecule has 0 bridgehead atoms. The van der Waals surface area contributed by atoms with Gasteiger partial charge < -0.3 is 21.5 Å². The van der Waals surface area contributed by atoms with Gasteiger partial charge in [-0.1, -0.05) is 12.1 Å². The third-order valence-corrected chi connectivity index (χ3v) is 2.62. The molecule has 3 amide bonds. The van der Waals surface area contributed by atoms with E-state index in [-0.39, 0.29) is 19.4 Å². The van der Waals surface area contributed by atoms with Gasteiger partial charge in [0.05, 0.1) is 0 Å². The van der Waals surface area contributed by atoms with Gasteiger partial charge in [0.2, 0.25) is 5.91 Å². The molecule has 8 heteroatoms. The van der Waals surface area contributed by atoms with E-state index in [9.17, 15) is 18.8 Å². The highest BCUT2D eigenvalue weighted by molar-refractivity contribution is 5.83. The third kappa shape index (κ3) is 6.37. The number of carboxylic acids is 1. The highest BCUT2D eigenvalue weighted by Gasteiger charge is 2.20. The molecule has 0 saturated heterocycles. The zero-order valence-corrected chi connectivity index (χ0v) is 11.1. The molecular weight excluding hydrogens is 281 g/mol. The van der Waals surface area contributed by atoms with Crippen molar-refractivity contribution in [3.8, 4) is 0 Å². The Morgan fingerprint density at radius 3 is 2.62 bits per heavy atom. The maximum Gasteiger partial charge on any atom is 0.326 e. The largest absolute Gasteiger partial charge is 0.480 e. The van der Waals surface area contributed by atoms with Crippen LogP contribution in [0, 0.1) is 5.82 Å². The van der Waals surface area contributed by atoms with Gasteiger partial charge in [-0.25, -0.2) is 14.0 Å². The van der Waals surface area contributed by atoms with Crippen LogP contribution in [0.2, 0.25) is 0 Å². The molecule has 1 rings (SSSR count). The third-order valence-electron chi connectivity index (χ3n) is 2.62. The Morgan fingerprint density at radius 2 is 2.05 bits per heavy atom. The zero-order chi connectivity index (χ0) is 15.8. The zero-order valence-electron chi connectivity index (χ0n) is 11.1. The van der Waals surface area contributed by atoms with Gasteiger partial charge in [-0.2, -0.15) is 0 Å². The molecule has 0 saturated carbocycles. The van der Waals surface area contributed by atoms with Crippen LogP contribution in [0.25, 0.3) is 0 Å². The van der Waals surface area contributed by atoms with Gasteiger partial charge in [0.1, 0.15) is 11.9 Å². The Balaban J connectivity index is 2.46. The highest BCUT2D eigenvalue weighted by atomic mass is 19.1. The monoisotopic (exact) mass is 297 g/mol. The molecule has 1 aromatic rings. The molecule has 7 nitrogen and oxygen atoms in total. The summed E-state index contributed by atoms with van der Waals surface area (Å²) in [6.45, 7) is 0.0474. The fraction of sp³-hybridized carbons (Fsp3) is 0.308. The Labute approximate surface area is 120 Å². The summed E-state index contributed by atoms with van der Waals surface area (Å²) in [5.41, 5.74) is 5.46. The summed E-state index contributed by atoms with van der Waals surface area (Å²) in [5.74, 6) is -2.35. The van der Waals surface area contributed by atoms with Crippen LogP contribution in [0.1, 0.15) is 18.4 Å². The van der Waals surface area contributed by atoms with E-state index in [2.05, 4.69) is 10.6 Å². The summed E-state index contributed by atoms with van der Waals surface area (Å²) in [4.78, 5) is 33.1. The normalized spacial score (nSPS) is 11.5. The van der Waals surface area contributed by atoms with Gasteiger partial charge >= 0.3 is 12.0 Å². The standard InChI is InChI=1S/C13H16FN3O4/c14-9-3-1-2-8(6-9)7-16-13(21)17-10(12(19)20)4-5-11(15)18/h1-3,6,10H,4-5,7H2,(H2,15,18)(H,19,20)(H2,16,17,21)/t10-/m1/s1. The predicted molar refractivity (Wildman–Crippen MR) is 71.6 cm³/mol. The van der Waals surface area contributed by atoms with E-state index in [4.69, 9.17) is 10.8 Å². The van der Waals surface area contributed by atoms with Gasteiger partial charge in [0, 0.05) is 13.0 Å². The summed E-state index contributed by atoms with van der Waals surface area (Å²) in [7, 11) is 0. The Kier molecular flexibility index (Phi) is 6.12. The van der Waals surface area contributed by atoms with Crippen molar-refractivity contribution in [2.75, 3.05) is 0 Å². The van der Waals surface area contributed by atoms with E-state index < -0.39 is 29.8 Å². The number of aliphatic carboxylic acids is 1. The minimum absolute atomic E-state index is 0.0474. The molecule has 114 valence electrons. The molecule has 0 aliphatic heterocycles. The maximum atomic E-state index is 12.9. The van der Waals surface area contributed by atoms with Crippen molar-refractivity contribution in [3.05, 3.63) is 35.6 Å². The van der Waals surface area contributed by atoms with Crippen LogP contribution in [0.5, 0.6) is 0 Å². The van der Waals surface area contributed by atoms with Crippen LogP contribution in [0.3, 0.4) is 0 Å². The highest BCUT2D eigenvalue weighted by Crippen LogP contribution is 2.03. The number of halogens is 1. The van der Waals surface area contributed by atoms with E-state index in [0.29, 0.717) is 5.56 Å². The molecule has 0 spiro atoms. The number of carboxylic acid groups (broad SMARTS) is 1. The molecule has 0 fully saturated rings. The topological polar surface area (TPSA) is 122 Å². The average Bonchev–Trinajstić information content (AvgIpc) is 2.40. The molecule has 0 aromatic heterocycles. The number of benzene rings is 1. The molecule has 1 aromatic carbocycles. The van der Waals surface area contributed by atoms with E-state index >= 15 is 0 Å². The number of hydrogen-bond acceptors (Lipinski definition) is 3. The number of nitrogens with one attached hydrogen (secondary N) is 2. The molecule has 0 heterocycles. The average molecular weight is 297 g/mol. The number of rotatable bonds is 7. The maximum absolute atomic E-state index is 12.9. The summed E-state index contributed by atoms with van der Waals surface area (Å²) in [6.07, 6.45) is -0.251. The number of nitrogens with two attached hydrogens (primary N) is 1. The van der Waals surface area contributed by atoms with Crippen molar-refractivity contribution < 1.29 is 23.9 Å². The number of hydrogen-bond donors (Lipinski definition) is 4. The molecule has 0 radical (unpaired) electrons. The SMILES string of the molecule is NC(=O)CC[C@@H](NC(=O)NCc1cccc(F)c1)C(=O)O. The quantitative estimate of drug-likeness (QED) is 0.580. The summed E-state index contributed by atoms with van der Waals surface area (Å²) in [5, 5.41) is 13.5. The lowest BCUT2D eigenvalue weighted by Gasteiger charge is -2.14. The lowest BCUT2D eigenvalue weighted by Crippen LogP contribution is -2.46. The van der Waals surface area contributed by atoms with Crippen molar-refractivity contribution in [3.63, 3.8) is 0 Å². The van der Waals surface area contributed by atoms with Crippen LogP contribution in [0.4, 0.5) is 9.18 Å². The number of primary amides is 1. The van der Waals surface area contributed by atoms with Crippen molar-refractivity contribution in [2.24, 2.45) is 5.73 Å². The van der Waals surface area contributed by atoms with Gasteiger partial charge in [-0.05, 0) is 24.1 Å². The number of amides is 3. The second kappa shape index (κ2) is 7.83. The van der Waals surface area contributed by atoms with Crippen LogP contribution >= 0.6 is 0 Å². The first-order chi connectivity index (χ1) is 9.88. The van der Waals surface area contributed by atoms with E-state index in [0.717, 1.165) is 0 Å². The van der Waals surface area contributed by atoms with Crippen LogP contribution in [-0.4, -0.2) is 29.1 Å². The number of carbonyl (C=O) groups is 3. The van der Waals surface area contributed by atoms with E-state index in [1.54, 1.807) is 6.07 Å². The Bertz CT molecular complexity index is 536. The van der Waals surface area contributed by atoms with Gasteiger partial charge in [-0.3, -0.25) is 4.79 Å². The first-order valence-electron chi connectivity index (χ1n) is 6.18. The van der Waals surface area contributed by atoms with Crippen LogP contribution in [-0.2, 0) is 16.1 Å². The Morgan fingerprint density at radius 1 is 1.33 bits per heavy atom. The van der Waals surface area contributed by atoms with Gasteiger partial charge in [0.25, 0.3) is 0 Å². The molecule has 0 aliphatic carbocycles. The number of urea groups is 1. The second-order valence-corrected chi connectivity index (χ2v) is 4.35. The van der Waals surface area contributed by atoms with E-state index in [1.807, 2.05) is 0 Å². The summed E-state index contributed by atoms with van der Waals surface area (Å²) >= 11 is 0. The second-order valence-electron chi connectivity index (χ2n) is 4.35. The lowest BCUT2D eigenvalue weighted by atomic mass is 10.1. The Hall–Kier alpha value is -2.64. The molecule has 5 N–H and O–H groups in total. The number of carbonyl (C=O) groups excluding carboxylic acids is 2. The predicted octanol–water partition coefficient (Wildman–Crippen LogP) is 0.344. The minimum Gasteiger partial charge on any atom is -0.480 e. The fourth-order valence-corrected chi connectivity index (χ4v) is 1.58. The summed E-state index contributed by atoms with van der Waals surface area (Å²) < 4.78 is 12.9. The van der Waals surface area contributed by atoms with E-state index in [1.165, 1.54) is 18.2 Å². The minimum atomic E-state index is -1.27. The van der Waals surface area contributed by atoms with Gasteiger partial charge in [0.15, 0.2) is 0 Å². The smallest absolute Gasteiger partial charge is 0.326 e. The van der Waals surface area contributed by atoms with Crippen LogP contribution < -0.4 is 16.4 Å². The van der Waals surface area contributed by atoms with Crippen LogP contribution in [0.15, 0.2) is 24.3 Å². The molecule has 21 heavy (non-hydrogen) atoms. The lowest BCUT2D eigenvalue weighted by molar-refractivity contribution is -0.139. The summed E-state index contributed by atoms with van der Waals surface area (Å²) in [6, 6.07) is 3.69. The molecule has 1 atom stereocenters. The first kappa shape index (κ1) is 16.4. The van der Waals surface area contributed by atoms with Crippen molar-refractivity contribution in [2.45, 2.75) is 25.4 Å². The molecule has 0 aliphatic rings. The van der Waals surface area contributed by atoms with Crippen molar-refractivity contribution >= 4 is 17.9 Å². The fourth-order valence-electron chi connectivity index (χ4n) is 1.58. The molecule has 0 unspecified atom stereocenters. The van der Waals surface area contributed by atoms with Crippen molar-refractivity contribution in [1.29, 1.82) is 0 Å². The van der Waals surface area contributed by atoms with Crippen molar-refractivity contribution in [1.82, 2.24) is 10.6 Å². The molecular formula is C13H16FN3O4. The first-order valence-corrected chi connectivity index (χ1v) is 6.18. The van der Waals surface area contributed by atoms with Gasteiger partial charge in [-0.15, -0.1) is 0 Å².